The van der Waals surface area contributed by atoms with E-state index in [4.69, 9.17) is 0 Å². The van der Waals surface area contributed by atoms with Crippen LogP contribution in [-0.2, 0) is 11.3 Å². The molecule has 0 bridgehead atoms. The first-order valence-electron chi connectivity index (χ1n) is 8.08. The molecule has 126 valence electrons. The summed E-state index contributed by atoms with van der Waals surface area (Å²) in [5.74, 6) is -0.0699. The van der Waals surface area contributed by atoms with Gasteiger partial charge in [0.1, 0.15) is 11.9 Å². The van der Waals surface area contributed by atoms with E-state index >= 15 is 0 Å². The molecule has 2 aliphatic rings. The van der Waals surface area contributed by atoms with Crippen LogP contribution in [-0.4, -0.2) is 74.0 Å². The molecule has 2 fully saturated rings. The minimum absolute atomic E-state index is 0.0699. The van der Waals surface area contributed by atoms with Crippen LogP contribution in [0.4, 0.5) is 4.79 Å². The van der Waals surface area contributed by atoms with Crippen molar-refractivity contribution < 1.29 is 9.59 Å². The molecule has 3 amide bonds. The first-order valence-corrected chi connectivity index (χ1v) is 8.08. The highest BCUT2D eigenvalue weighted by molar-refractivity contribution is 6.06. The Balaban J connectivity index is 1.46. The van der Waals surface area contributed by atoms with Crippen molar-refractivity contribution in [2.75, 3.05) is 27.2 Å². The molecule has 2 saturated heterocycles. The third-order valence-corrected chi connectivity index (χ3v) is 5.35. The average Bonchev–Trinajstić information content (AvgIpc) is 3.12. The highest BCUT2D eigenvalue weighted by Crippen LogP contribution is 2.35. The zero-order valence-corrected chi connectivity index (χ0v) is 13.8. The lowest BCUT2D eigenvalue weighted by Crippen LogP contribution is -2.55. The van der Waals surface area contributed by atoms with Crippen molar-refractivity contribution in [2.24, 2.45) is 0 Å². The minimum Gasteiger partial charge on any atom is -0.312 e. The number of fused-ring (bicyclic) bond motifs is 1. The van der Waals surface area contributed by atoms with Gasteiger partial charge >= 0.3 is 6.03 Å². The van der Waals surface area contributed by atoms with Gasteiger partial charge in [-0.2, -0.15) is 5.10 Å². The number of likely N-dealkylation sites (N-methyl/N-ethyl adjacent to an activating group) is 2. The Bertz CT molecular complexity index is 808. The van der Waals surface area contributed by atoms with Crippen molar-refractivity contribution in [2.45, 2.75) is 24.9 Å². The summed E-state index contributed by atoms with van der Waals surface area (Å²) in [5.41, 5.74) is 1.35. The number of pyridine rings is 1. The van der Waals surface area contributed by atoms with Crippen LogP contribution in [0.3, 0.4) is 0 Å². The number of aromatic nitrogens is 3. The molecule has 0 N–H and O–H groups in total. The first-order chi connectivity index (χ1) is 11.5. The van der Waals surface area contributed by atoms with Crippen molar-refractivity contribution >= 4 is 17.6 Å². The summed E-state index contributed by atoms with van der Waals surface area (Å²) in [4.78, 5) is 34.0. The molecule has 4 rings (SSSR count). The second-order valence-electron chi connectivity index (χ2n) is 6.61. The number of carbonyl (C=O) groups excluding carboxylic acids is 2. The number of nitrogens with zero attached hydrogens (tertiary/aromatic N) is 6. The molecule has 1 spiro atoms. The van der Waals surface area contributed by atoms with Gasteiger partial charge in [-0.25, -0.2) is 14.3 Å². The predicted octanol–water partition coefficient (Wildman–Crippen LogP) is 0.588. The summed E-state index contributed by atoms with van der Waals surface area (Å²) >= 11 is 0. The number of amides is 3. The van der Waals surface area contributed by atoms with E-state index in [0.717, 1.165) is 25.3 Å². The molecule has 8 heteroatoms. The van der Waals surface area contributed by atoms with Crippen molar-refractivity contribution in [3.05, 3.63) is 30.2 Å². The zero-order valence-electron chi connectivity index (χ0n) is 13.8. The predicted molar refractivity (Wildman–Crippen MR) is 86.2 cm³/mol. The lowest BCUT2D eigenvalue weighted by atomic mass is 9.86. The highest BCUT2D eigenvalue weighted by atomic mass is 16.2. The van der Waals surface area contributed by atoms with E-state index in [2.05, 4.69) is 15.0 Å². The summed E-state index contributed by atoms with van der Waals surface area (Å²) in [6.07, 6.45) is 4.79. The van der Waals surface area contributed by atoms with Gasteiger partial charge in [-0.1, -0.05) is 0 Å². The maximum absolute atomic E-state index is 12.5. The lowest BCUT2D eigenvalue weighted by molar-refractivity contribution is -0.134. The molecule has 0 saturated carbocycles. The van der Waals surface area contributed by atoms with Gasteiger partial charge in [-0.3, -0.25) is 14.6 Å². The highest BCUT2D eigenvalue weighted by Gasteiger charge is 2.55. The molecular formula is C16H20N6O2. The van der Waals surface area contributed by atoms with Gasteiger partial charge < -0.3 is 4.90 Å². The quantitative estimate of drug-likeness (QED) is 0.754. The molecule has 2 aromatic heterocycles. The maximum atomic E-state index is 12.5. The summed E-state index contributed by atoms with van der Waals surface area (Å²) in [7, 11) is 3.30. The fourth-order valence-corrected chi connectivity index (χ4v) is 3.79. The lowest BCUT2D eigenvalue weighted by Gasteiger charge is -2.40. The van der Waals surface area contributed by atoms with E-state index < -0.39 is 5.54 Å². The Hall–Kier alpha value is -2.48. The second-order valence-corrected chi connectivity index (χ2v) is 6.61. The third kappa shape index (κ3) is 2.10. The maximum Gasteiger partial charge on any atom is 0.327 e. The monoisotopic (exact) mass is 328 g/mol. The summed E-state index contributed by atoms with van der Waals surface area (Å²) in [6, 6.07) is 3.86. The Morgan fingerprint density at radius 3 is 2.62 bits per heavy atom. The molecule has 0 radical (unpaired) electrons. The molecule has 2 aliphatic heterocycles. The van der Waals surface area contributed by atoms with Gasteiger partial charge in [0.2, 0.25) is 0 Å². The molecule has 4 heterocycles. The molecule has 0 unspecified atom stereocenters. The fourth-order valence-electron chi connectivity index (χ4n) is 3.79. The van der Waals surface area contributed by atoms with E-state index in [1.165, 1.54) is 10.5 Å². The number of urea groups is 1. The van der Waals surface area contributed by atoms with Crippen molar-refractivity contribution in [3.8, 4) is 0 Å². The normalized spacial score (nSPS) is 21.4. The van der Waals surface area contributed by atoms with Crippen LogP contribution < -0.4 is 0 Å². The van der Waals surface area contributed by atoms with Gasteiger partial charge in [0, 0.05) is 39.9 Å². The van der Waals surface area contributed by atoms with Crippen molar-refractivity contribution in [1.82, 2.24) is 29.3 Å². The number of hydrogen-bond acceptors (Lipinski definition) is 5. The number of imide groups is 1. The fraction of sp³-hybridized carbons (Fsp3) is 0.500. The van der Waals surface area contributed by atoms with Gasteiger partial charge in [-0.15, -0.1) is 0 Å². The molecular weight excluding hydrogens is 308 g/mol. The summed E-state index contributed by atoms with van der Waals surface area (Å²) < 4.78 is 1.74. The summed E-state index contributed by atoms with van der Waals surface area (Å²) in [6.45, 7) is 2.38. The van der Waals surface area contributed by atoms with Crippen LogP contribution in [0, 0.1) is 0 Å². The molecule has 0 aromatic carbocycles. The summed E-state index contributed by atoms with van der Waals surface area (Å²) in [5, 5.41) is 4.10. The smallest absolute Gasteiger partial charge is 0.312 e. The number of likely N-dealkylation sites (tertiary alicyclic amines) is 1. The van der Waals surface area contributed by atoms with Crippen LogP contribution >= 0.6 is 0 Å². The van der Waals surface area contributed by atoms with E-state index in [0.29, 0.717) is 12.8 Å². The third-order valence-electron chi connectivity index (χ3n) is 5.35. The van der Waals surface area contributed by atoms with Crippen molar-refractivity contribution in [1.29, 1.82) is 0 Å². The molecule has 24 heavy (non-hydrogen) atoms. The Morgan fingerprint density at radius 1 is 1.21 bits per heavy atom. The van der Waals surface area contributed by atoms with Gasteiger partial charge in [0.05, 0.1) is 0 Å². The van der Waals surface area contributed by atoms with Crippen molar-refractivity contribution in [3.63, 3.8) is 0 Å². The van der Waals surface area contributed by atoms with Crippen LogP contribution in [0.2, 0.25) is 0 Å². The van der Waals surface area contributed by atoms with E-state index in [9.17, 15) is 9.59 Å². The SMILES string of the molecule is CN1C(=O)N(C)C2(CCN(Cc3ccn4ncnc4c3)CC2)C1=O. The van der Waals surface area contributed by atoms with Crippen LogP contribution in [0.15, 0.2) is 24.7 Å². The van der Waals surface area contributed by atoms with Crippen LogP contribution in [0.25, 0.3) is 5.65 Å². The number of rotatable bonds is 2. The van der Waals surface area contributed by atoms with E-state index in [-0.39, 0.29) is 11.9 Å². The van der Waals surface area contributed by atoms with E-state index in [1.54, 1.807) is 29.8 Å². The Kier molecular flexibility index (Phi) is 3.31. The topological polar surface area (TPSA) is 74.1 Å². The Labute approximate surface area is 139 Å². The number of carbonyl (C=O) groups is 2. The largest absolute Gasteiger partial charge is 0.327 e. The number of hydrogen-bond donors (Lipinski definition) is 0. The second kappa shape index (κ2) is 5.27. The first kappa shape index (κ1) is 15.1. The molecule has 0 atom stereocenters. The average molecular weight is 328 g/mol. The zero-order chi connectivity index (χ0) is 16.9. The van der Waals surface area contributed by atoms with Crippen LogP contribution in [0.5, 0.6) is 0 Å². The minimum atomic E-state index is -0.653. The Morgan fingerprint density at radius 2 is 1.96 bits per heavy atom. The van der Waals surface area contributed by atoms with E-state index in [1.807, 2.05) is 18.3 Å². The molecule has 0 aliphatic carbocycles. The molecule has 8 nitrogen and oxygen atoms in total. The standard InChI is InChI=1S/C16H20N6O2/c1-19-14(23)16(20(2)15(19)24)4-7-21(8-5-16)10-12-3-6-22-13(9-12)17-11-18-22/h3,6,9,11H,4-5,7-8,10H2,1-2H3. The molecule has 2 aromatic rings. The van der Waals surface area contributed by atoms with Crippen LogP contribution in [0.1, 0.15) is 18.4 Å². The number of piperidine rings is 1. The van der Waals surface area contributed by atoms with Gasteiger partial charge in [-0.05, 0) is 30.5 Å². The van der Waals surface area contributed by atoms with Gasteiger partial charge in [0.25, 0.3) is 5.91 Å². The van der Waals surface area contributed by atoms with Gasteiger partial charge in [0.15, 0.2) is 5.65 Å².